The molecule has 0 saturated carbocycles. The van der Waals surface area contributed by atoms with Crippen molar-refractivity contribution in [3.05, 3.63) is 35.4 Å². The van der Waals surface area contributed by atoms with Gasteiger partial charge >= 0.3 is 0 Å². The largest absolute Gasteiger partial charge is 0.328 e. The van der Waals surface area contributed by atoms with E-state index >= 15 is 0 Å². The maximum absolute atomic E-state index is 6.07. The van der Waals surface area contributed by atoms with E-state index < -0.39 is 0 Å². The molecule has 0 radical (unpaired) electrons. The van der Waals surface area contributed by atoms with Crippen LogP contribution < -0.4 is 5.73 Å². The van der Waals surface area contributed by atoms with E-state index in [1.807, 2.05) is 35.7 Å². The van der Waals surface area contributed by atoms with Gasteiger partial charge in [0.05, 0.1) is 11.7 Å². The summed E-state index contributed by atoms with van der Waals surface area (Å²) in [5, 5.41) is 0.677. The van der Waals surface area contributed by atoms with Crippen LogP contribution in [0.2, 0.25) is 5.15 Å². The van der Waals surface area contributed by atoms with Crippen LogP contribution in [0.1, 0.15) is 12.7 Å². The Labute approximate surface area is 87.5 Å². The maximum Gasteiger partial charge on any atom is 0.115 e. The first kappa shape index (κ1) is 9.49. The minimum absolute atomic E-state index is 0.0943. The SMILES string of the molecule is CC(N)Cc1ncc2cccc(Cl)n12. The third-order valence-electron chi connectivity index (χ3n) is 2.08. The Morgan fingerprint density at radius 3 is 3.07 bits per heavy atom. The van der Waals surface area contributed by atoms with Gasteiger partial charge in [-0.2, -0.15) is 0 Å². The molecule has 0 bridgehead atoms. The molecule has 1 unspecified atom stereocenters. The highest BCUT2D eigenvalue weighted by Crippen LogP contribution is 2.15. The van der Waals surface area contributed by atoms with Gasteiger partial charge in [-0.3, -0.25) is 4.40 Å². The van der Waals surface area contributed by atoms with E-state index in [2.05, 4.69) is 4.98 Å². The lowest BCUT2D eigenvalue weighted by Crippen LogP contribution is -2.19. The number of nitrogens with zero attached hydrogens (tertiary/aromatic N) is 2. The number of nitrogens with two attached hydrogens (primary N) is 1. The van der Waals surface area contributed by atoms with Gasteiger partial charge < -0.3 is 5.73 Å². The summed E-state index contributed by atoms with van der Waals surface area (Å²) in [4.78, 5) is 4.29. The molecule has 1 atom stereocenters. The van der Waals surface area contributed by atoms with Gasteiger partial charge in [-0.25, -0.2) is 4.98 Å². The second-order valence-corrected chi connectivity index (χ2v) is 3.85. The van der Waals surface area contributed by atoms with Gasteiger partial charge in [0, 0.05) is 12.5 Å². The molecule has 0 aliphatic heterocycles. The van der Waals surface area contributed by atoms with Crippen LogP contribution in [0, 0.1) is 0 Å². The molecule has 0 fully saturated rings. The van der Waals surface area contributed by atoms with E-state index in [1.165, 1.54) is 0 Å². The van der Waals surface area contributed by atoms with Gasteiger partial charge in [0.2, 0.25) is 0 Å². The minimum atomic E-state index is 0.0943. The zero-order valence-corrected chi connectivity index (χ0v) is 8.70. The summed E-state index contributed by atoms with van der Waals surface area (Å²) in [5.74, 6) is 0.917. The van der Waals surface area contributed by atoms with Crippen molar-refractivity contribution in [1.29, 1.82) is 0 Å². The molecular weight excluding hydrogens is 198 g/mol. The van der Waals surface area contributed by atoms with E-state index in [0.29, 0.717) is 5.15 Å². The van der Waals surface area contributed by atoms with Gasteiger partial charge in [-0.1, -0.05) is 17.7 Å². The van der Waals surface area contributed by atoms with Crippen molar-refractivity contribution in [3.63, 3.8) is 0 Å². The molecule has 2 aromatic heterocycles. The molecule has 2 rings (SSSR count). The molecule has 0 amide bonds. The highest BCUT2D eigenvalue weighted by molar-refractivity contribution is 6.29. The van der Waals surface area contributed by atoms with Crippen LogP contribution in [-0.2, 0) is 6.42 Å². The van der Waals surface area contributed by atoms with Crippen LogP contribution in [0.5, 0.6) is 0 Å². The van der Waals surface area contributed by atoms with Crippen LogP contribution in [-0.4, -0.2) is 15.4 Å². The maximum atomic E-state index is 6.07. The van der Waals surface area contributed by atoms with Crippen molar-refractivity contribution < 1.29 is 0 Å². The molecule has 74 valence electrons. The summed E-state index contributed by atoms with van der Waals surface area (Å²) >= 11 is 6.07. The number of hydrogen-bond acceptors (Lipinski definition) is 2. The van der Waals surface area contributed by atoms with Crippen molar-refractivity contribution in [1.82, 2.24) is 9.38 Å². The standard InChI is InChI=1S/C10H12ClN3/c1-7(12)5-10-13-6-8-3-2-4-9(11)14(8)10/h2-4,6-7H,5,12H2,1H3. The molecule has 4 heteroatoms. The van der Waals surface area contributed by atoms with Gasteiger partial charge in [0.25, 0.3) is 0 Å². The lowest BCUT2D eigenvalue weighted by atomic mass is 10.2. The number of imidazole rings is 1. The molecule has 2 N–H and O–H groups in total. The Morgan fingerprint density at radius 1 is 1.57 bits per heavy atom. The molecule has 0 aromatic carbocycles. The fourth-order valence-electron chi connectivity index (χ4n) is 1.50. The van der Waals surface area contributed by atoms with E-state index in [9.17, 15) is 0 Å². The van der Waals surface area contributed by atoms with Crippen LogP contribution in [0.15, 0.2) is 24.4 Å². The van der Waals surface area contributed by atoms with E-state index in [0.717, 1.165) is 17.8 Å². The molecule has 0 aliphatic carbocycles. The Hall–Kier alpha value is -1.06. The van der Waals surface area contributed by atoms with Crippen LogP contribution in [0.4, 0.5) is 0 Å². The van der Waals surface area contributed by atoms with Gasteiger partial charge in [0.1, 0.15) is 11.0 Å². The molecule has 0 spiro atoms. The van der Waals surface area contributed by atoms with E-state index in [-0.39, 0.29) is 6.04 Å². The van der Waals surface area contributed by atoms with Crippen molar-refractivity contribution >= 4 is 17.1 Å². The van der Waals surface area contributed by atoms with Gasteiger partial charge in [-0.15, -0.1) is 0 Å². The molecular formula is C10H12ClN3. The molecule has 0 aliphatic rings. The summed E-state index contributed by atoms with van der Waals surface area (Å²) in [6, 6.07) is 5.83. The summed E-state index contributed by atoms with van der Waals surface area (Å²) in [6.45, 7) is 1.96. The predicted octanol–water partition coefficient (Wildman–Crippen LogP) is 1.88. The summed E-state index contributed by atoms with van der Waals surface area (Å²) in [6.07, 6.45) is 2.54. The van der Waals surface area contributed by atoms with Crippen molar-refractivity contribution in [2.24, 2.45) is 5.73 Å². The number of rotatable bonds is 2. The minimum Gasteiger partial charge on any atom is -0.328 e. The first-order chi connectivity index (χ1) is 6.68. The first-order valence-electron chi connectivity index (χ1n) is 4.55. The van der Waals surface area contributed by atoms with Gasteiger partial charge in [-0.05, 0) is 19.1 Å². The average molecular weight is 210 g/mol. The lowest BCUT2D eigenvalue weighted by Gasteiger charge is -2.05. The smallest absolute Gasteiger partial charge is 0.115 e. The van der Waals surface area contributed by atoms with Crippen LogP contribution >= 0.6 is 11.6 Å². The second kappa shape index (κ2) is 3.59. The number of pyridine rings is 1. The van der Waals surface area contributed by atoms with Crippen molar-refractivity contribution in [3.8, 4) is 0 Å². The molecule has 14 heavy (non-hydrogen) atoms. The van der Waals surface area contributed by atoms with Crippen LogP contribution in [0.25, 0.3) is 5.52 Å². The normalized spacial score (nSPS) is 13.4. The number of halogens is 1. The molecule has 2 heterocycles. The molecule has 2 aromatic rings. The van der Waals surface area contributed by atoms with Crippen LogP contribution in [0.3, 0.4) is 0 Å². The molecule has 3 nitrogen and oxygen atoms in total. The van der Waals surface area contributed by atoms with Crippen molar-refractivity contribution in [2.45, 2.75) is 19.4 Å². The second-order valence-electron chi connectivity index (χ2n) is 3.46. The Balaban J connectivity index is 2.55. The summed E-state index contributed by atoms with van der Waals surface area (Å²) < 4.78 is 1.92. The highest BCUT2D eigenvalue weighted by atomic mass is 35.5. The van der Waals surface area contributed by atoms with E-state index in [1.54, 1.807) is 0 Å². The van der Waals surface area contributed by atoms with Crippen molar-refractivity contribution in [2.75, 3.05) is 0 Å². The first-order valence-corrected chi connectivity index (χ1v) is 4.92. The van der Waals surface area contributed by atoms with E-state index in [4.69, 9.17) is 17.3 Å². The fraction of sp³-hybridized carbons (Fsp3) is 0.300. The Morgan fingerprint density at radius 2 is 2.36 bits per heavy atom. The Kier molecular flexibility index (Phi) is 2.44. The Bertz CT molecular complexity index is 448. The number of fused-ring (bicyclic) bond motifs is 1. The monoisotopic (exact) mass is 209 g/mol. The topological polar surface area (TPSA) is 43.3 Å². The predicted molar refractivity (Wildman–Crippen MR) is 57.6 cm³/mol. The zero-order valence-electron chi connectivity index (χ0n) is 7.94. The third kappa shape index (κ3) is 1.61. The average Bonchev–Trinajstić information content (AvgIpc) is 2.49. The van der Waals surface area contributed by atoms with Gasteiger partial charge in [0.15, 0.2) is 0 Å². The highest BCUT2D eigenvalue weighted by Gasteiger charge is 2.07. The fourth-order valence-corrected chi connectivity index (χ4v) is 1.77. The lowest BCUT2D eigenvalue weighted by molar-refractivity contribution is 0.700. The number of aromatic nitrogens is 2. The summed E-state index contributed by atoms with van der Waals surface area (Å²) in [7, 11) is 0. The summed E-state index contributed by atoms with van der Waals surface area (Å²) in [5.41, 5.74) is 6.74. The zero-order chi connectivity index (χ0) is 10.1. The third-order valence-corrected chi connectivity index (χ3v) is 2.38. The molecule has 0 saturated heterocycles. The quantitative estimate of drug-likeness (QED) is 0.768. The number of hydrogen-bond donors (Lipinski definition) is 1.